The minimum Gasteiger partial charge on any atom is -0.394 e. The van der Waals surface area contributed by atoms with Gasteiger partial charge in [0.1, 0.15) is 6.23 Å². The highest BCUT2D eigenvalue weighted by Crippen LogP contribution is 2.33. The molecule has 9 heteroatoms. The molecule has 1 saturated heterocycles. The number of alkyl halides is 1. The van der Waals surface area contributed by atoms with E-state index in [0.717, 1.165) is 4.57 Å². The lowest BCUT2D eigenvalue weighted by Gasteiger charge is -2.18. The third kappa shape index (κ3) is 4.04. The van der Waals surface area contributed by atoms with E-state index in [4.69, 9.17) is 9.84 Å². The molecule has 2 heterocycles. The molecule has 3 unspecified atom stereocenters. The Morgan fingerprint density at radius 2 is 2.26 bits per heavy atom. The van der Waals surface area contributed by atoms with Gasteiger partial charge in [-0.15, -0.1) is 9.80 Å². The summed E-state index contributed by atoms with van der Waals surface area (Å²) in [6.07, 6.45) is 0.373. The number of aliphatic hydroxyl groups is 1. The summed E-state index contributed by atoms with van der Waals surface area (Å²) in [5.74, 6) is -0.490. The van der Waals surface area contributed by atoms with Crippen LogP contribution >= 0.6 is 31.0 Å². The molecule has 19 heavy (non-hydrogen) atoms. The van der Waals surface area contributed by atoms with Crippen LogP contribution in [0.15, 0.2) is 21.9 Å². The zero-order valence-electron chi connectivity index (χ0n) is 9.83. The van der Waals surface area contributed by atoms with Crippen LogP contribution in [0, 0.1) is 5.92 Å². The molecule has 0 amide bonds. The van der Waals surface area contributed by atoms with E-state index < -0.39 is 36.2 Å². The van der Waals surface area contributed by atoms with Gasteiger partial charge in [0.15, 0.2) is 0 Å². The number of rotatable bonds is 3. The SMILES string of the molecule is O=c1ccn(C2OC(CO)CC2CF)c(=O)[nH]1.SI. The number of nitrogens with one attached hydrogen (secondary N) is 1. The molecule has 1 aromatic heterocycles. The smallest absolute Gasteiger partial charge is 0.330 e. The summed E-state index contributed by atoms with van der Waals surface area (Å²) in [7, 11) is 3.50. The van der Waals surface area contributed by atoms with Gasteiger partial charge in [-0.1, -0.05) is 0 Å². The molecule has 2 rings (SSSR count). The van der Waals surface area contributed by atoms with Gasteiger partial charge in [-0.2, -0.15) is 0 Å². The molecular formula is C10H14FIN2O4S. The number of aromatic amines is 1. The molecule has 1 aliphatic heterocycles. The van der Waals surface area contributed by atoms with Crippen molar-refractivity contribution in [2.75, 3.05) is 13.3 Å². The molecule has 2 N–H and O–H groups in total. The van der Waals surface area contributed by atoms with Crippen LogP contribution in [0.2, 0.25) is 0 Å². The summed E-state index contributed by atoms with van der Waals surface area (Å²) >= 11 is 1.84. The van der Waals surface area contributed by atoms with Gasteiger partial charge in [0.2, 0.25) is 0 Å². The second-order valence-electron chi connectivity index (χ2n) is 4.00. The van der Waals surface area contributed by atoms with Crippen LogP contribution in [-0.4, -0.2) is 34.0 Å². The van der Waals surface area contributed by atoms with E-state index in [-0.39, 0.29) is 6.61 Å². The lowest BCUT2D eigenvalue weighted by Crippen LogP contribution is -2.34. The van der Waals surface area contributed by atoms with E-state index in [1.165, 1.54) is 12.3 Å². The monoisotopic (exact) mass is 404 g/mol. The van der Waals surface area contributed by atoms with Crippen LogP contribution in [0.25, 0.3) is 0 Å². The third-order valence-electron chi connectivity index (χ3n) is 2.83. The normalized spacial score (nSPS) is 25.8. The van der Waals surface area contributed by atoms with Crippen molar-refractivity contribution < 1.29 is 14.2 Å². The molecule has 108 valence electrons. The van der Waals surface area contributed by atoms with Gasteiger partial charge in [-0.25, -0.2) is 4.79 Å². The Morgan fingerprint density at radius 1 is 1.58 bits per heavy atom. The van der Waals surface area contributed by atoms with Crippen molar-refractivity contribution in [3.63, 3.8) is 0 Å². The van der Waals surface area contributed by atoms with E-state index in [2.05, 4.69) is 14.8 Å². The highest BCUT2D eigenvalue weighted by Gasteiger charge is 2.36. The number of nitrogens with zero attached hydrogens (tertiary/aromatic N) is 1. The predicted molar refractivity (Wildman–Crippen MR) is 79.4 cm³/mol. The molecule has 1 fully saturated rings. The zero-order chi connectivity index (χ0) is 14.4. The number of aromatic nitrogens is 2. The van der Waals surface area contributed by atoms with Gasteiger partial charge in [-0.3, -0.25) is 18.7 Å². The highest BCUT2D eigenvalue weighted by atomic mass is 127. The van der Waals surface area contributed by atoms with Gasteiger partial charge in [0, 0.05) is 18.2 Å². The van der Waals surface area contributed by atoms with Gasteiger partial charge in [0.25, 0.3) is 5.56 Å². The molecule has 0 radical (unpaired) electrons. The topological polar surface area (TPSA) is 84.3 Å². The van der Waals surface area contributed by atoms with E-state index in [9.17, 15) is 14.0 Å². The van der Waals surface area contributed by atoms with Crippen molar-refractivity contribution in [2.45, 2.75) is 18.8 Å². The Labute approximate surface area is 126 Å². The van der Waals surface area contributed by atoms with E-state index in [1.54, 1.807) is 0 Å². The van der Waals surface area contributed by atoms with Crippen LogP contribution in [0.5, 0.6) is 0 Å². The molecule has 6 nitrogen and oxygen atoms in total. The maximum absolute atomic E-state index is 12.8. The molecule has 0 aromatic carbocycles. The second-order valence-corrected chi connectivity index (χ2v) is 4.00. The van der Waals surface area contributed by atoms with Gasteiger partial charge in [-0.05, 0) is 27.6 Å². The predicted octanol–water partition coefficient (Wildman–Crippen LogP) is 0.668. The van der Waals surface area contributed by atoms with Gasteiger partial charge < -0.3 is 9.84 Å². The number of hydrogen-bond donors (Lipinski definition) is 3. The lowest BCUT2D eigenvalue weighted by atomic mass is 10.1. The van der Waals surface area contributed by atoms with Crippen LogP contribution < -0.4 is 11.2 Å². The Bertz CT molecular complexity index is 509. The maximum atomic E-state index is 12.8. The summed E-state index contributed by atoms with van der Waals surface area (Å²) in [4.78, 5) is 24.5. The minimum absolute atomic E-state index is 0.217. The molecule has 1 aliphatic rings. The quantitative estimate of drug-likeness (QED) is 0.511. The number of halogens is 2. The average Bonchev–Trinajstić information content (AvgIpc) is 2.84. The first kappa shape index (κ1) is 16.7. The standard InChI is InChI=1S/C10H13FN2O4.HIS/c11-4-6-3-7(5-14)17-9(6)13-2-1-8(15)12-10(13)16;1-2/h1-2,6-7,9,14H,3-5H2,(H,12,15,16);2H. The minimum atomic E-state index is -0.776. The second kappa shape index (κ2) is 8.02. The van der Waals surface area contributed by atoms with Crippen molar-refractivity contribution in [3.8, 4) is 0 Å². The molecular weight excluding hydrogens is 390 g/mol. The van der Waals surface area contributed by atoms with Crippen molar-refractivity contribution >= 4 is 31.0 Å². The van der Waals surface area contributed by atoms with Crippen molar-refractivity contribution in [3.05, 3.63) is 33.1 Å². The maximum Gasteiger partial charge on any atom is 0.330 e. The van der Waals surface area contributed by atoms with E-state index in [0.29, 0.717) is 6.42 Å². The van der Waals surface area contributed by atoms with Crippen molar-refractivity contribution in [2.24, 2.45) is 5.92 Å². The summed E-state index contributed by atoms with van der Waals surface area (Å²) in [6.45, 7) is -0.863. The summed E-state index contributed by atoms with van der Waals surface area (Å²) in [5.41, 5.74) is -1.15. The van der Waals surface area contributed by atoms with Gasteiger partial charge in [0.05, 0.1) is 19.4 Å². The average molecular weight is 404 g/mol. The fraction of sp³-hybridized carbons (Fsp3) is 0.600. The zero-order valence-corrected chi connectivity index (χ0v) is 12.9. The van der Waals surface area contributed by atoms with Crippen molar-refractivity contribution in [1.82, 2.24) is 9.55 Å². The summed E-state index contributed by atoms with van der Waals surface area (Å²) < 4.78 is 19.3. The Kier molecular flexibility index (Phi) is 7.04. The Morgan fingerprint density at radius 3 is 2.79 bits per heavy atom. The van der Waals surface area contributed by atoms with E-state index in [1.807, 2.05) is 21.2 Å². The van der Waals surface area contributed by atoms with Crippen LogP contribution in [0.1, 0.15) is 12.6 Å². The van der Waals surface area contributed by atoms with Crippen molar-refractivity contribution in [1.29, 1.82) is 0 Å². The van der Waals surface area contributed by atoms with Gasteiger partial charge >= 0.3 is 5.69 Å². The molecule has 0 aliphatic carbocycles. The molecule has 0 saturated carbocycles. The number of H-pyrrole nitrogens is 1. The fourth-order valence-corrected chi connectivity index (χ4v) is 2.00. The summed E-state index contributed by atoms with van der Waals surface area (Å²) in [5, 5.41) is 8.96. The number of thiol groups is 1. The highest BCUT2D eigenvalue weighted by molar-refractivity contribution is 14.2. The van der Waals surface area contributed by atoms with Crippen LogP contribution in [0.4, 0.5) is 4.39 Å². The van der Waals surface area contributed by atoms with Crippen LogP contribution in [-0.2, 0) is 4.74 Å². The number of aliphatic hydroxyl groups excluding tert-OH is 1. The third-order valence-corrected chi connectivity index (χ3v) is 2.83. The first-order chi connectivity index (χ1) is 9.15. The molecule has 1 aromatic rings. The first-order valence-electron chi connectivity index (χ1n) is 5.46. The fourth-order valence-electron chi connectivity index (χ4n) is 2.00. The number of ether oxygens (including phenoxy) is 1. The lowest BCUT2D eigenvalue weighted by molar-refractivity contribution is -0.0375. The molecule has 0 bridgehead atoms. The summed E-state index contributed by atoms with van der Waals surface area (Å²) in [6, 6.07) is 1.17. The first-order valence-corrected chi connectivity index (χ1v) is 8.69. The Hall–Kier alpha value is -0.390. The molecule has 0 spiro atoms. The van der Waals surface area contributed by atoms with E-state index >= 15 is 0 Å². The largest absolute Gasteiger partial charge is 0.394 e. The van der Waals surface area contributed by atoms with Crippen LogP contribution in [0.3, 0.4) is 0 Å². The number of hydrogen-bond acceptors (Lipinski definition) is 5. The Balaban J connectivity index is 0.000000861. The molecule has 3 atom stereocenters.